The molecule has 0 amide bonds. The highest BCUT2D eigenvalue weighted by Gasteiger charge is 2.54. The van der Waals surface area contributed by atoms with Gasteiger partial charge in [-0.2, -0.15) is 0 Å². The first-order valence-corrected chi connectivity index (χ1v) is 8.40. The molecule has 1 N–H and O–H groups in total. The first kappa shape index (κ1) is 12.5. The fraction of sp³-hybridized carbons (Fsp3) is 0.750. The zero-order chi connectivity index (χ0) is 13.0. The molecule has 0 radical (unpaired) electrons. The van der Waals surface area contributed by atoms with E-state index in [0.717, 1.165) is 28.2 Å². The van der Waals surface area contributed by atoms with Gasteiger partial charge in [-0.1, -0.05) is 0 Å². The lowest BCUT2D eigenvalue weighted by molar-refractivity contribution is -0.0771. The molecule has 0 aliphatic heterocycles. The molecule has 1 aromatic rings. The summed E-state index contributed by atoms with van der Waals surface area (Å²) in [4.78, 5) is 0. The van der Waals surface area contributed by atoms with Gasteiger partial charge in [-0.3, -0.25) is 0 Å². The molecule has 4 saturated carbocycles. The molecule has 19 heavy (non-hydrogen) atoms. The summed E-state index contributed by atoms with van der Waals surface area (Å²) in [5, 5.41) is 3.57. The Hall–Kier alpha value is -0.280. The standard InChI is InChI=1S/C16H22BrNO/c1-18-15(13-2-3-14(17)19-13)16-7-10-4-11(8-16)6-12(5-10)9-16/h2-3,10-12,15,18H,4-9H2,1H3. The van der Waals surface area contributed by atoms with Gasteiger partial charge < -0.3 is 9.73 Å². The molecule has 0 aromatic carbocycles. The molecule has 4 bridgehead atoms. The van der Waals surface area contributed by atoms with E-state index in [0.29, 0.717) is 11.5 Å². The van der Waals surface area contributed by atoms with E-state index in [-0.39, 0.29) is 0 Å². The van der Waals surface area contributed by atoms with Crippen molar-refractivity contribution in [3.05, 3.63) is 22.6 Å². The van der Waals surface area contributed by atoms with E-state index in [1.165, 1.54) is 38.5 Å². The van der Waals surface area contributed by atoms with Crippen molar-refractivity contribution in [3.63, 3.8) is 0 Å². The van der Waals surface area contributed by atoms with E-state index in [4.69, 9.17) is 4.42 Å². The smallest absolute Gasteiger partial charge is 0.169 e. The van der Waals surface area contributed by atoms with E-state index in [9.17, 15) is 0 Å². The Bertz CT molecular complexity index is 446. The number of rotatable bonds is 3. The number of halogens is 1. The molecule has 1 atom stereocenters. The maximum absolute atomic E-state index is 5.88. The highest BCUT2D eigenvalue weighted by atomic mass is 79.9. The average Bonchev–Trinajstić information content (AvgIpc) is 2.74. The summed E-state index contributed by atoms with van der Waals surface area (Å²) >= 11 is 3.45. The second-order valence-corrected chi connectivity index (χ2v) is 7.93. The van der Waals surface area contributed by atoms with Crippen LogP contribution in [0.5, 0.6) is 0 Å². The van der Waals surface area contributed by atoms with E-state index in [2.05, 4.69) is 34.4 Å². The molecule has 1 aromatic heterocycles. The van der Waals surface area contributed by atoms with Gasteiger partial charge in [0.1, 0.15) is 5.76 Å². The van der Waals surface area contributed by atoms with Crippen LogP contribution in [-0.4, -0.2) is 7.05 Å². The normalized spacial score (nSPS) is 41.7. The number of furan rings is 1. The van der Waals surface area contributed by atoms with Gasteiger partial charge in [0, 0.05) is 0 Å². The summed E-state index contributed by atoms with van der Waals surface area (Å²) in [6.45, 7) is 0. The summed E-state index contributed by atoms with van der Waals surface area (Å²) in [6, 6.07) is 4.57. The van der Waals surface area contributed by atoms with Crippen molar-refractivity contribution >= 4 is 15.9 Å². The van der Waals surface area contributed by atoms with Crippen LogP contribution in [0.15, 0.2) is 21.2 Å². The van der Waals surface area contributed by atoms with Crippen molar-refractivity contribution in [2.24, 2.45) is 23.2 Å². The molecule has 0 saturated heterocycles. The first-order chi connectivity index (χ1) is 9.18. The maximum atomic E-state index is 5.88. The Kier molecular flexibility index (Phi) is 2.86. The minimum absolute atomic E-state index is 0.396. The molecular formula is C16H22BrNO. The summed E-state index contributed by atoms with van der Waals surface area (Å²) < 4.78 is 6.73. The highest BCUT2D eigenvalue weighted by Crippen LogP contribution is 2.64. The lowest BCUT2D eigenvalue weighted by Crippen LogP contribution is -2.51. The zero-order valence-electron chi connectivity index (χ0n) is 11.5. The van der Waals surface area contributed by atoms with Crippen molar-refractivity contribution in [1.82, 2.24) is 5.32 Å². The Morgan fingerprint density at radius 1 is 1.16 bits per heavy atom. The van der Waals surface area contributed by atoms with Crippen molar-refractivity contribution in [3.8, 4) is 0 Å². The third-order valence-corrected chi connectivity index (χ3v) is 6.29. The number of hydrogen-bond donors (Lipinski definition) is 1. The summed E-state index contributed by atoms with van der Waals surface area (Å²) in [5.74, 6) is 4.08. The van der Waals surface area contributed by atoms with Crippen LogP contribution >= 0.6 is 15.9 Å². The van der Waals surface area contributed by atoms with Crippen LogP contribution in [0.4, 0.5) is 0 Å². The second kappa shape index (κ2) is 4.36. The molecular weight excluding hydrogens is 302 g/mol. The quantitative estimate of drug-likeness (QED) is 0.884. The largest absolute Gasteiger partial charge is 0.453 e. The van der Waals surface area contributed by atoms with Gasteiger partial charge in [-0.15, -0.1) is 0 Å². The maximum Gasteiger partial charge on any atom is 0.169 e. The fourth-order valence-electron chi connectivity index (χ4n) is 5.76. The van der Waals surface area contributed by atoms with Gasteiger partial charge in [0.2, 0.25) is 0 Å². The predicted octanol–water partition coefficient (Wildman–Crippen LogP) is 4.52. The zero-order valence-corrected chi connectivity index (χ0v) is 13.1. The SMILES string of the molecule is CNC(c1ccc(Br)o1)C12CC3CC(CC(C3)C1)C2. The van der Waals surface area contributed by atoms with Gasteiger partial charge >= 0.3 is 0 Å². The molecule has 1 heterocycles. The molecule has 4 aliphatic carbocycles. The summed E-state index contributed by atoms with van der Waals surface area (Å²) in [6.07, 6.45) is 8.71. The van der Waals surface area contributed by atoms with Gasteiger partial charge in [0.05, 0.1) is 6.04 Å². The van der Waals surface area contributed by atoms with E-state index in [1.807, 2.05) is 6.07 Å². The van der Waals surface area contributed by atoms with Gasteiger partial charge in [-0.05, 0) is 96.8 Å². The van der Waals surface area contributed by atoms with Crippen molar-refractivity contribution in [2.45, 2.75) is 44.6 Å². The van der Waals surface area contributed by atoms with Crippen LogP contribution in [0, 0.1) is 23.2 Å². The third kappa shape index (κ3) is 1.92. The topological polar surface area (TPSA) is 25.2 Å². The van der Waals surface area contributed by atoms with Crippen LogP contribution in [0.2, 0.25) is 0 Å². The van der Waals surface area contributed by atoms with Gasteiger partial charge in [0.15, 0.2) is 4.67 Å². The van der Waals surface area contributed by atoms with Crippen LogP contribution in [0.3, 0.4) is 0 Å². The van der Waals surface area contributed by atoms with Crippen molar-refractivity contribution < 1.29 is 4.42 Å². The Balaban J connectivity index is 1.69. The Morgan fingerprint density at radius 2 is 1.74 bits per heavy atom. The monoisotopic (exact) mass is 323 g/mol. The van der Waals surface area contributed by atoms with Crippen LogP contribution in [0.1, 0.15) is 50.3 Å². The van der Waals surface area contributed by atoms with Gasteiger partial charge in [0.25, 0.3) is 0 Å². The van der Waals surface area contributed by atoms with E-state index >= 15 is 0 Å². The lowest BCUT2D eigenvalue weighted by Gasteiger charge is -2.59. The molecule has 1 unspecified atom stereocenters. The molecule has 3 heteroatoms. The summed E-state index contributed by atoms with van der Waals surface area (Å²) in [5.41, 5.74) is 0.459. The van der Waals surface area contributed by atoms with Crippen LogP contribution in [-0.2, 0) is 0 Å². The minimum atomic E-state index is 0.396. The first-order valence-electron chi connectivity index (χ1n) is 7.61. The molecule has 2 nitrogen and oxygen atoms in total. The Morgan fingerprint density at radius 3 is 2.16 bits per heavy atom. The number of hydrogen-bond acceptors (Lipinski definition) is 2. The van der Waals surface area contributed by atoms with Crippen molar-refractivity contribution in [2.75, 3.05) is 7.05 Å². The second-order valence-electron chi connectivity index (χ2n) is 7.14. The molecule has 4 aliphatic rings. The fourth-order valence-corrected chi connectivity index (χ4v) is 6.08. The average molecular weight is 324 g/mol. The molecule has 5 rings (SSSR count). The summed E-state index contributed by atoms with van der Waals surface area (Å²) in [7, 11) is 2.10. The molecule has 0 spiro atoms. The van der Waals surface area contributed by atoms with Crippen LogP contribution in [0.25, 0.3) is 0 Å². The molecule has 104 valence electrons. The van der Waals surface area contributed by atoms with E-state index in [1.54, 1.807) is 0 Å². The lowest BCUT2D eigenvalue weighted by atomic mass is 9.47. The third-order valence-electron chi connectivity index (χ3n) is 5.87. The number of nitrogens with one attached hydrogen (secondary N) is 1. The van der Waals surface area contributed by atoms with Crippen molar-refractivity contribution in [1.29, 1.82) is 0 Å². The van der Waals surface area contributed by atoms with Crippen LogP contribution < -0.4 is 5.32 Å². The van der Waals surface area contributed by atoms with E-state index < -0.39 is 0 Å². The van der Waals surface area contributed by atoms with Gasteiger partial charge in [-0.25, -0.2) is 0 Å². The Labute approximate surface area is 123 Å². The molecule has 4 fully saturated rings. The predicted molar refractivity (Wildman–Crippen MR) is 78.8 cm³/mol. The minimum Gasteiger partial charge on any atom is -0.453 e. The highest BCUT2D eigenvalue weighted by molar-refractivity contribution is 9.10.